The molecule has 1 saturated carbocycles. The van der Waals surface area contributed by atoms with Gasteiger partial charge in [0.25, 0.3) is 0 Å². The Labute approximate surface area is 144 Å². The number of ether oxygens (including phenoxy) is 1. The second-order valence-corrected chi connectivity index (χ2v) is 7.86. The van der Waals surface area contributed by atoms with Gasteiger partial charge in [-0.2, -0.15) is 0 Å². The molecule has 0 unspecified atom stereocenters. The second kappa shape index (κ2) is 7.14. The van der Waals surface area contributed by atoms with Crippen LogP contribution in [0.15, 0.2) is 18.2 Å². The van der Waals surface area contributed by atoms with E-state index in [2.05, 4.69) is 20.8 Å². The molecule has 1 aromatic rings. The standard InChI is InChI=1S/C20H30O4/c1-12(2)15-8-6-14(4)11-18(15)24-19(22)20(5,23)16-9-7-13(3)10-17(16)21/h7,9-10,12,14-15,18,21,23H,6,8,11H2,1-5H3/t14-,15+,18-,20-/m0/s1. The number of aryl methyl sites for hydroxylation is 1. The summed E-state index contributed by atoms with van der Waals surface area (Å²) in [5.41, 5.74) is -0.815. The Balaban J connectivity index is 2.19. The summed E-state index contributed by atoms with van der Waals surface area (Å²) in [7, 11) is 0. The molecule has 0 heterocycles. The number of carbonyl (C=O) groups excluding carboxylic acids is 1. The van der Waals surface area contributed by atoms with Gasteiger partial charge in [-0.15, -0.1) is 0 Å². The number of aromatic hydroxyl groups is 1. The number of hydrogen-bond acceptors (Lipinski definition) is 4. The van der Waals surface area contributed by atoms with Crippen molar-refractivity contribution in [2.24, 2.45) is 17.8 Å². The van der Waals surface area contributed by atoms with Crippen molar-refractivity contribution in [1.29, 1.82) is 0 Å². The van der Waals surface area contributed by atoms with E-state index in [1.807, 2.05) is 6.92 Å². The summed E-state index contributed by atoms with van der Waals surface area (Å²) in [4.78, 5) is 12.7. The van der Waals surface area contributed by atoms with Crippen LogP contribution in [0.4, 0.5) is 0 Å². The van der Waals surface area contributed by atoms with Crippen LogP contribution in [0.25, 0.3) is 0 Å². The van der Waals surface area contributed by atoms with Gasteiger partial charge in [-0.3, -0.25) is 0 Å². The monoisotopic (exact) mass is 334 g/mol. The molecule has 1 aromatic carbocycles. The van der Waals surface area contributed by atoms with Gasteiger partial charge < -0.3 is 14.9 Å². The number of benzene rings is 1. The van der Waals surface area contributed by atoms with Gasteiger partial charge in [-0.25, -0.2) is 4.79 Å². The van der Waals surface area contributed by atoms with Gasteiger partial charge in [0.1, 0.15) is 11.9 Å². The first kappa shape index (κ1) is 18.8. The number of esters is 1. The molecule has 134 valence electrons. The quantitative estimate of drug-likeness (QED) is 0.819. The first-order chi connectivity index (χ1) is 11.1. The first-order valence-electron chi connectivity index (χ1n) is 8.86. The maximum absolute atomic E-state index is 12.7. The maximum Gasteiger partial charge on any atom is 0.342 e. The highest BCUT2D eigenvalue weighted by Gasteiger charge is 2.41. The van der Waals surface area contributed by atoms with Crippen molar-refractivity contribution in [3.63, 3.8) is 0 Å². The predicted molar refractivity (Wildman–Crippen MR) is 93.6 cm³/mol. The number of rotatable bonds is 4. The largest absolute Gasteiger partial charge is 0.508 e. The number of carbonyl (C=O) groups is 1. The Morgan fingerprint density at radius 1 is 1.33 bits per heavy atom. The Hall–Kier alpha value is -1.55. The molecular weight excluding hydrogens is 304 g/mol. The summed E-state index contributed by atoms with van der Waals surface area (Å²) in [6.07, 6.45) is 2.82. The van der Waals surface area contributed by atoms with Crippen LogP contribution in [0.1, 0.15) is 58.1 Å². The molecule has 1 aliphatic carbocycles. The molecular formula is C20H30O4. The zero-order valence-electron chi connectivity index (χ0n) is 15.4. The fourth-order valence-corrected chi connectivity index (χ4v) is 3.67. The average Bonchev–Trinajstić information content (AvgIpc) is 2.46. The van der Waals surface area contributed by atoms with E-state index in [0.717, 1.165) is 24.8 Å². The normalized spacial score (nSPS) is 26.9. The smallest absolute Gasteiger partial charge is 0.342 e. The second-order valence-electron chi connectivity index (χ2n) is 7.86. The lowest BCUT2D eigenvalue weighted by Crippen LogP contribution is -2.42. The summed E-state index contributed by atoms with van der Waals surface area (Å²) in [5.74, 6) is 0.469. The lowest BCUT2D eigenvalue weighted by atomic mass is 9.75. The molecule has 4 atom stereocenters. The summed E-state index contributed by atoms with van der Waals surface area (Å²) in [6.45, 7) is 9.68. The fourth-order valence-electron chi connectivity index (χ4n) is 3.67. The molecule has 0 aliphatic heterocycles. The van der Waals surface area contributed by atoms with E-state index in [-0.39, 0.29) is 17.4 Å². The van der Waals surface area contributed by atoms with Gasteiger partial charge in [-0.05, 0) is 56.1 Å². The van der Waals surface area contributed by atoms with Crippen LogP contribution in [0.5, 0.6) is 5.75 Å². The Kier molecular flexibility index (Phi) is 5.59. The summed E-state index contributed by atoms with van der Waals surface area (Å²) < 4.78 is 5.74. The molecule has 2 N–H and O–H groups in total. The third-order valence-corrected chi connectivity index (χ3v) is 5.29. The fraction of sp³-hybridized carbons (Fsp3) is 0.650. The van der Waals surface area contributed by atoms with E-state index in [1.165, 1.54) is 13.0 Å². The molecule has 0 bridgehead atoms. The number of phenolic OH excluding ortho intramolecular Hbond substituents is 1. The van der Waals surface area contributed by atoms with Crippen molar-refractivity contribution in [3.8, 4) is 5.75 Å². The predicted octanol–water partition coefficient (Wildman–Crippen LogP) is 3.91. The van der Waals surface area contributed by atoms with Gasteiger partial charge in [0, 0.05) is 5.56 Å². The molecule has 24 heavy (non-hydrogen) atoms. The van der Waals surface area contributed by atoms with E-state index >= 15 is 0 Å². The van der Waals surface area contributed by atoms with Crippen molar-refractivity contribution in [1.82, 2.24) is 0 Å². The third kappa shape index (κ3) is 3.92. The molecule has 4 nitrogen and oxygen atoms in total. The van der Waals surface area contributed by atoms with Crippen molar-refractivity contribution in [2.45, 2.75) is 65.6 Å². The first-order valence-corrected chi connectivity index (χ1v) is 8.86. The Morgan fingerprint density at radius 3 is 2.58 bits per heavy atom. The molecule has 2 rings (SSSR count). The van der Waals surface area contributed by atoms with Crippen LogP contribution in [0.2, 0.25) is 0 Å². The van der Waals surface area contributed by atoms with Crippen LogP contribution in [0.3, 0.4) is 0 Å². The molecule has 0 amide bonds. The van der Waals surface area contributed by atoms with Gasteiger partial charge in [0.2, 0.25) is 0 Å². The van der Waals surface area contributed by atoms with Crippen LogP contribution in [-0.2, 0) is 15.1 Å². The minimum Gasteiger partial charge on any atom is -0.508 e. The molecule has 1 fully saturated rings. The van der Waals surface area contributed by atoms with E-state index in [0.29, 0.717) is 17.8 Å². The highest BCUT2D eigenvalue weighted by molar-refractivity contribution is 5.81. The van der Waals surface area contributed by atoms with E-state index < -0.39 is 11.6 Å². The minimum absolute atomic E-state index is 0.0885. The van der Waals surface area contributed by atoms with E-state index in [9.17, 15) is 15.0 Å². The van der Waals surface area contributed by atoms with Crippen molar-refractivity contribution < 1.29 is 19.7 Å². The molecule has 0 radical (unpaired) electrons. The SMILES string of the molecule is Cc1ccc([C@](C)(O)C(=O)O[C@H]2C[C@@H](C)CC[C@@H]2C(C)C)c(O)c1. The molecule has 1 aliphatic rings. The molecule has 0 saturated heterocycles. The Morgan fingerprint density at radius 2 is 2.00 bits per heavy atom. The van der Waals surface area contributed by atoms with Crippen molar-refractivity contribution >= 4 is 5.97 Å². The van der Waals surface area contributed by atoms with Crippen LogP contribution in [-0.4, -0.2) is 22.3 Å². The average molecular weight is 334 g/mol. The van der Waals surface area contributed by atoms with Crippen molar-refractivity contribution in [3.05, 3.63) is 29.3 Å². The van der Waals surface area contributed by atoms with Crippen LogP contribution in [0, 0.1) is 24.7 Å². The van der Waals surface area contributed by atoms with Crippen LogP contribution < -0.4 is 0 Å². The summed E-state index contributed by atoms with van der Waals surface area (Å²) in [5, 5.41) is 20.8. The van der Waals surface area contributed by atoms with Gasteiger partial charge in [-0.1, -0.05) is 39.3 Å². The third-order valence-electron chi connectivity index (χ3n) is 5.29. The van der Waals surface area contributed by atoms with Gasteiger partial charge in [0.05, 0.1) is 0 Å². The number of hydrogen-bond donors (Lipinski definition) is 2. The summed E-state index contributed by atoms with van der Waals surface area (Å²) >= 11 is 0. The van der Waals surface area contributed by atoms with Crippen LogP contribution >= 0.6 is 0 Å². The topological polar surface area (TPSA) is 66.8 Å². The zero-order valence-corrected chi connectivity index (χ0v) is 15.4. The van der Waals surface area contributed by atoms with E-state index in [1.54, 1.807) is 12.1 Å². The highest BCUT2D eigenvalue weighted by atomic mass is 16.6. The lowest BCUT2D eigenvalue weighted by molar-refractivity contribution is -0.177. The molecule has 0 aromatic heterocycles. The minimum atomic E-state index is -1.86. The van der Waals surface area contributed by atoms with Crippen molar-refractivity contribution in [2.75, 3.05) is 0 Å². The molecule has 4 heteroatoms. The lowest BCUT2D eigenvalue weighted by Gasteiger charge is -2.38. The van der Waals surface area contributed by atoms with E-state index in [4.69, 9.17) is 4.74 Å². The maximum atomic E-state index is 12.7. The summed E-state index contributed by atoms with van der Waals surface area (Å²) in [6, 6.07) is 4.88. The number of phenols is 1. The van der Waals surface area contributed by atoms with Gasteiger partial charge >= 0.3 is 5.97 Å². The Bertz CT molecular complexity index is 591. The number of aliphatic hydroxyl groups is 1. The van der Waals surface area contributed by atoms with Gasteiger partial charge in [0.15, 0.2) is 5.60 Å². The zero-order chi connectivity index (χ0) is 18.1. The highest BCUT2D eigenvalue weighted by Crippen LogP contribution is 2.37. The molecule has 0 spiro atoms.